The Bertz CT molecular complexity index is 253. The van der Waals surface area contributed by atoms with Crippen molar-refractivity contribution in [1.29, 1.82) is 0 Å². The minimum atomic E-state index is 1.38. The van der Waals surface area contributed by atoms with Gasteiger partial charge in [-0.3, -0.25) is 0 Å². The molecule has 0 aliphatic heterocycles. The molecule has 0 saturated carbocycles. The molecule has 0 N–H and O–H groups in total. The molecule has 4 nitrogen and oxygen atoms in total. The molecule has 5 heteroatoms. The first-order valence-corrected chi connectivity index (χ1v) is 5.08. The van der Waals surface area contributed by atoms with E-state index < -0.39 is 0 Å². The Kier molecular flexibility index (Phi) is 6.50. The highest BCUT2D eigenvalue weighted by molar-refractivity contribution is 7.07. The van der Waals surface area contributed by atoms with E-state index in [9.17, 15) is 0 Å². The largest absolute Gasteiger partial charge is 0.452 e. The number of hydrogen-bond donors (Lipinski definition) is 0. The Morgan fingerprint density at radius 3 is 2.00 bits per heavy atom. The first-order valence-electron chi connectivity index (χ1n) is 4.14. The summed E-state index contributed by atoms with van der Waals surface area (Å²) in [5, 5.41) is 7.43. The van der Waals surface area contributed by atoms with Crippen LogP contribution >= 0.6 is 11.3 Å². The van der Waals surface area contributed by atoms with Gasteiger partial charge in [-0.05, 0) is 16.8 Å². The van der Waals surface area contributed by atoms with Crippen LogP contribution in [0.25, 0.3) is 0 Å². The second-order valence-corrected chi connectivity index (χ2v) is 2.97. The molecule has 0 aromatic carbocycles. The van der Waals surface area contributed by atoms with Crippen LogP contribution in [0.3, 0.4) is 0 Å². The van der Waals surface area contributed by atoms with Gasteiger partial charge in [0.15, 0.2) is 6.39 Å². The first kappa shape index (κ1) is 11.2. The van der Waals surface area contributed by atoms with E-state index in [2.05, 4.69) is 19.1 Å². The highest BCUT2D eigenvalue weighted by atomic mass is 32.1. The summed E-state index contributed by atoms with van der Waals surface area (Å²) >= 11 is 1.71. The smallest absolute Gasteiger partial charge is 0.180 e. The predicted octanol–water partition coefficient (Wildman–Crippen LogP) is 3.10. The molecule has 0 aliphatic rings. The van der Waals surface area contributed by atoms with Gasteiger partial charge in [0, 0.05) is 0 Å². The number of thiophene rings is 1. The van der Waals surface area contributed by atoms with E-state index in [1.54, 1.807) is 29.8 Å². The fraction of sp³-hybridized carbons (Fsp3) is 0. The van der Waals surface area contributed by atoms with Gasteiger partial charge in [-0.2, -0.15) is 11.3 Å². The maximum absolute atomic E-state index is 4.47. The molecule has 15 heavy (non-hydrogen) atoms. The van der Waals surface area contributed by atoms with Crippen molar-refractivity contribution in [3.63, 3.8) is 0 Å². The zero-order valence-electron chi connectivity index (χ0n) is 7.89. The highest BCUT2D eigenvalue weighted by Gasteiger charge is 1.60. The van der Waals surface area contributed by atoms with E-state index in [-0.39, 0.29) is 0 Å². The topological polar surface area (TPSA) is 52.1 Å². The van der Waals surface area contributed by atoms with Gasteiger partial charge in [-0.25, -0.2) is 4.98 Å². The second kappa shape index (κ2) is 8.71. The van der Waals surface area contributed by atoms with Crippen LogP contribution in [0.1, 0.15) is 0 Å². The predicted molar refractivity (Wildman–Crippen MR) is 57.3 cm³/mol. The van der Waals surface area contributed by atoms with Crippen LogP contribution in [0.2, 0.25) is 0 Å². The maximum Gasteiger partial charge on any atom is 0.180 e. The van der Waals surface area contributed by atoms with Crippen LogP contribution in [0.4, 0.5) is 0 Å². The summed E-state index contributed by atoms with van der Waals surface area (Å²) in [7, 11) is 0. The van der Waals surface area contributed by atoms with E-state index in [1.807, 2.05) is 22.9 Å². The van der Waals surface area contributed by atoms with Gasteiger partial charge < -0.3 is 8.94 Å². The molecule has 0 spiro atoms. The monoisotopic (exact) mass is 222 g/mol. The standard InChI is InChI=1S/C4H4S.2C3H3NO/c1-2-4-5-3-1;1-2-5-3-4-1;1-2-4-5-3-1/h1-4H;2*1-3H. The molecule has 3 heterocycles. The lowest BCUT2D eigenvalue weighted by Crippen LogP contribution is -1.38. The lowest BCUT2D eigenvalue weighted by molar-refractivity contribution is 0.420. The molecule has 0 bridgehead atoms. The summed E-state index contributed by atoms with van der Waals surface area (Å²) < 4.78 is 8.81. The molecule has 3 aromatic heterocycles. The number of oxazole rings is 1. The summed E-state index contributed by atoms with van der Waals surface area (Å²) in [5.74, 6) is 0. The molecule has 0 atom stereocenters. The molecular weight excluding hydrogens is 212 g/mol. The minimum absolute atomic E-state index is 1.38. The lowest BCUT2D eigenvalue weighted by atomic mass is 10.7. The molecule has 78 valence electrons. The molecule has 0 unspecified atom stereocenters. The first-order chi connectivity index (χ1) is 7.50. The number of hydrogen-bond acceptors (Lipinski definition) is 5. The Hall–Kier alpha value is -1.88. The van der Waals surface area contributed by atoms with Gasteiger partial charge >= 0.3 is 0 Å². The van der Waals surface area contributed by atoms with Crippen molar-refractivity contribution in [1.82, 2.24) is 10.1 Å². The van der Waals surface area contributed by atoms with Crippen LogP contribution in [0.5, 0.6) is 0 Å². The zero-order chi connectivity index (χ0) is 10.6. The third-order valence-corrected chi connectivity index (χ3v) is 1.75. The zero-order valence-corrected chi connectivity index (χ0v) is 8.71. The number of rotatable bonds is 0. The van der Waals surface area contributed by atoms with Crippen LogP contribution in [0, 0.1) is 0 Å². The Morgan fingerprint density at radius 2 is 1.80 bits per heavy atom. The number of nitrogens with zero attached hydrogens (tertiary/aromatic N) is 2. The third-order valence-electron chi connectivity index (χ3n) is 1.12. The second-order valence-electron chi connectivity index (χ2n) is 2.16. The molecule has 3 aromatic rings. The summed E-state index contributed by atoms with van der Waals surface area (Å²) in [5.41, 5.74) is 0. The van der Waals surface area contributed by atoms with Gasteiger partial charge in [0.25, 0.3) is 0 Å². The summed E-state index contributed by atoms with van der Waals surface area (Å²) in [6, 6.07) is 5.76. The van der Waals surface area contributed by atoms with Crippen molar-refractivity contribution in [2.24, 2.45) is 0 Å². The van der Waals surface area contributed by atoms with Gasteiger partial charge in [0.1, 0.15) is 12.5 Å². The average Bonchev–Trinajstić information content (AvgIpc) is 3.09. The molecule has 0 fully saturated rings. The Morgan fingerprint density at radius 1 is 0.933 bits per heavy atom. The fourth-order valence-electron chi connectivity index (χ4n) is 0.578. The van der Waals surface area contributed by atoms with Gasteiger partial charge in [-0.15, -0.1) is 0 Å². The molecule has 3 rings (SSSR count). The fourth-order valence-corrected chi connectivity index (χ4v) is 1.03. The summed E-state index contributed by atoms with van der Waals surface area (Å²) in [6.45, 7) is 0. The van der Waals surface area contributed by atoms with Gasteiger partial charge in [-0.1, -0.05) is 17.3 Å². The van der Waals surface area contributed by atoms with Crippen molar-refractivity contribution < 1.29 is 8.94 Å². The molecule has 0 saturated heterocycles. The van der Waals surface area contributed by atoms with Crippen molar-refractivity contribution in [3.05, 3.63) is 60.3 Å². The van der Waals surface area contributed by atoms with E-state index in [0.29, 0.717) is 0 Å². The molecule has 0 amide bonds. The van der Waals surface area contributed by atoms with Crippen LogP contribution in [-0.2, 0) is 0 Å². The van der Waals surface area contributed by atoms with E-state index >= 15 is 0 Å². The van der Waals surface area contributed by atoms with Gasteiger partial charge in [0.05, 0.1) is 12.4 Å². The normalized spacial score (nSPS) is 8.00. The summed E-state index contributed by atoms with van der Waals surface area (Å²) in [4.78, 5) is 3.56. The molecular formula is C10H10N2O2S. The van der Waals surface area contributed by atoms with Gasteiger partial charge in [0.2, 0.25) is 0 Å². The van der Waals surface area contributed by atoms with Crippen LogP contribution in [-0.4, -0.2) is 10.1 Å². The Balaban J connectivity index is 0.000000112. The van der Waals surface area contributed by atoms with E-state index in [1.165, 1.54) is 18.9 Å². The van der Waals surface area contributed by atoms with Crippen LogP contribution < -0.4 is 0 Å². The van der Waals surface area contributed by atoms with Crippen molar-refractivity contribution in [2.45, 2.75) is 0 Å². The van der Waals surface area contributed by atoms with Crippen molar-refractivity contribution >= 4 is 11.3 Å². The third kappa shape index (κ3) is 7.21. The Labute approximate surface area is 91.2 Å². The van der Waals surface area contributed by atoms with Crippen molar-refractivity contribution in [3.8, 4) is 0 Å². The number of aromatic nitrogens is 2. The lowest BCUT2D eigenvalue weighted by Gasteiger charge is -1.48. The summed E-state index contributed by atoms with van der Waals surface area (Å²) in [6.07, 6.45) is 7.57. The minimum Gasteiger partial charge on any atom is -0.452 e. The van der Waals surface area contributed by atoms with Crippen LogP contribution in [0.15, 0.2) is 69.2 Å². The molecule has 0 aliphatic carbocycles. The van der Waals surface area contributed by atoms with E-state index in [0.717, 1.165) is 0 Å². The molecule has 0 radical (unpaired) electrons. The maximum atomic E-state index is 4.47. The SMILES string of the molecule is c1ccsc1.c1cnoc1.c1cocn1. The quantitative estimate of drug-likeness (QED) is 0.586. The highest BCUT2D eigenvalue weighted by Crippen LogP contribution is 1.91. The average molecular weight is 222 g/mol. The van der Waals surface area contributed by atoms with Crippen molar-refractivity contribution in [2.75, 3.05) is 0 Å². The van der Waals surface area contributed by atoms with E-state index in [4.69, 9.17) is 0 Å².